The highest BCUT2D eigenvalue weighted by molar-refractivity contribution is 5.99. The van der Waals surface area contributed by atoms with Crippen LogP contribution in [0.15, 0.2) is 59.2 Å². The molecule has 0 bridgehead atoms. The van der Waals surface area contributed by atoms with Gasteiger partial charge in [0.25, 0.3) is 0 Å². The van der Waals surface area contributed by atoms with E-state index in [1.165, 1.54) is 6.08 Å². The highest BCUT2D eigenvalue weighted by Crippen LogP contribution is 2.33. The number of methoxy groups -OCH3 is 1. The van der Waals surface area contributed by atoms with Crippen LogP contribution in [0.25, 0.3) is 16.5 Å². The Kier molecular flexibility index (Phi) is 5.49. The minimum absolute atomic E-state index is 0.500. The molecule has 1 unspecified atom stereocenters. The molecule has 3 aromatic rings. The SMILES string of the molecule is COc1cc2occ(C)c2cc1/C(C)=C/C(=O)NC(C(=O)O)c1ccccc1. The zero-order valence-corrected chi connectivity index (χ0v) is 15.9. The number of allylic oxidation sites excluding steroid dienone is 1. The van der Waals surface area contributed by atoms with Crippen molar-refractivity contribution in [3.8, 4) is 5.75 Å². The number of carbonyl (C=O) groups is 2. The molecule has 0 aliphatic carbocycles. The van der Waals surface area contributed by atoms with Crippen molar-refractivity contribution in [3.63, 3.8) is 0 Å². The molecule has 0 fully saturated rings. The van der Waals surface area contributed by atoms with Crippen molar-refractivity contribution in [3.05, 3.63) is 71.5 Å². The molecule has 6 heteroatoms. The Bertz CT molecular complexity index is 1050. The quantitative estimate of drug-likeness (QED) is 0.630. The number of amides is 1. The first-order chi connectivity index (χ1) is 13.4. The van der Waals surface area contributed by atoms with Crippen LogP contribution in [0, 0.1) is 6.92 Å². The second-order valence-corrected chi connectivity index (χ2v) is 6.49. The normalized spacial score (nSPS) is 12.6. The van der Waals surface area contributed by atoms with Crippen LogP contribution in [0.2, 0.25) is 0 Å². The van der Waals surface area contributed by atoms with E-state index in [1.807, 2.05) is 13.0 Å². The highest BCUT2D eigenvalue weighted by Gasteiger charge is 2.21. The number of carbonyl (C=O) groups excluding carboxylic acids is 1. The summed E-state index contributed by atoms with van der Waals surface area (Å²) in [4.78, 5) is 24.1. The van der Waals surface area contributed by atoms with Gasteiger partial charge in [-0.05, 0) is 36.6 Å². The van der Waals surface area contributed by atoms with E-state index in [1.54, 1.807) is 56.7 Å². The van der Waals surface area contributed by atoms with Crippen LogP contribution in [0.5, 0.6) is 5.75 Å². The molecule has 0 aliphatic heterocycles. The number of hydrogen-bond donors (Lipinski definition) is 2. The molecule has 1 heterocycles. The van der Waals surface area contributed by atoms with Crippen LogP contribution in [-0.4, -0.2) is 24.1 Å². The van der Waals surface area contributed by atoms with Gasteiger partial charge in [-0.2, -0.15) is 0 Å². The summed E-state index contributed by atoms with van der Waals surface area (Å²) >= 11 is 0. The lowest BCUT2D eigenvalue weighted by molar-refractivity contribution is -0.141. The van der Waals surface area contributed by atoms with Gasteiger partial charge in [0.05, 0.1) is 13.4 Å². The Hall–Kier alpha value is -3.54. The van der Waals surface area contributed by atoms with E-state index >= 15 is 0 Å². The van der Waals surface area contributed by atoms with Gasteiger partial charge < -0.3 is 19.6 Å². The number of carboxylic acid groups (broad SMARTS) is 1. The maximum absolute atomic E-state index is 12.5. The first-order valence-corrected chi connectivity index (χ1v) is 8.73. The number of aliphatic carboxylic acids is 1. The number of fused-ring (bicyclic) bond motifs is 1. The van der Waals surface area contributed by atoms with E-state index in [0.717, 1.165) is 16.5 Å². The first kappa shape index (κ1) is 19.2. The van der Waals surface area contributed by atoms with Gasteiger partial charge in [0.15, 0.2) is 6.04 Å². The average molecular weight is 379 g/mol. The highest BCUT2D eigenvalue weighted by atomic mass is 16.5. The third kappa shape index (κ3) is 3.91. The molecule has 2 aromatic carbocycles. The largest absolute Gasteiger partial charge is 0.496 e. The molecular formula is C22H21NO5. The number of nitrogens with one attached hydrogen (secondary N) is 1. The smallest absolute Gasteiger partial charge is 0.330 e. The first-order valence-electron chi connectivity index (χ1n) is 8.73. The van der Waals surface area contributed by atoms with Crippen LogP contribution >= 0.6 is 0 Å². The molecule has 0 saturated heterocycles. The van der Waals surface area contributed by atoms with Crippen molar-refractivity contribution < 1.29 is 23.8 Å². The molecule has 2 N–H and O–H groups in total. The lowest BCUT2D eigenvalue weighted by Crippen LogP contribution is -2.32. The monoisotopic (exact) mass is 379 g/mol. The van der Waals surface area contributed by atoms with Crippen LogP contribution in [0.1, 0.15) is 29.7 Å². The Morgan fingerprint density at radius 2 is 1.93 bits per heavy atom. The number of furan rings is 1. The van der Waals surface area contributed by atoms with Gasteiger partial charge in [0.2, 0.25) is 5.91 Å². The number of aryl methyl sites for hydroxylation is 1. The van der Waals surface area contributed by atoms with Gasteiger partial charge in [-0.25, -0.2) is 4.79 Å². The van der Waals surface area contributed by atoms with E-state index in [4.69, 9.17) is 9.15 Å². The van der Waals surface area contributed by atoms with Gasteiger partial charge in [-0.1, -0.05) is 30.3 Å². The van der Waals surface area contributed by atoms with E-state index in [2.05, 4.69) is 5.32 Å². The summed E-state index contributed by atoms with van der Waals surface area (Å²) in [6.07, 6.45) is 3.04. The second kappa shape index (κ2) is 8.00. The van der Waals surface area contributed by atoms with Gasteiger partial charge in [-0.3, -0.25) is 4.79 Å². The molecule has 144 valence electrons. The van der Waals surface area contributed by atoms with Crippen LogP contribution in [-0.2, 0) is 9.59 Å². The Labute approximate surface area is 162 Å². The van der Waals surface area contributed by atoms with E-state index in [9.17, 15) is 14.7 Å². The maximum atomic E-state index is 12.5. The lowest BCUT2D eigenvalue weighted by atomic mass is 10.0. The molecule has 0 spiro atoms. The molecule has 0 saturated carbocycles. The minimum Gasteiger partial charge on any atom is -0.496 e. The third-order valence-corrected chi connectivity index (χ3v) is 4.53. The summed E-state index contributed by atoms with van der Waals surface area (Å²) in [6.45, 7) is 3.71. The van der Waals surface area contributed by atoms with E-state index < -0.39 is 17.9 Å². The zero-order valence-electron chi connectivity index (χ0n) is 15.9. The van der Waals surface area contributed by atoms with E-state index in [0.29, 0.717) is 22.5 Å². The van der Waals surface area contributed by atoms with Crippen molar-refractivity contribution in [2.24, 2.45) is 0 Å². The number of ether oxygens (including phenoxy) is 1. The van der Waals surface area contributed by atoms with Crippen LogP contribution in [0.4, 0.5) is 0 Å². The number of benzene rings is 2. The predicted octanol–water partition coefficient (Wildman–Crippen LogP) is 4.10. The maximum Gasteiger partial charge on any atom is 0.330 e. The molecule has 6 nitrogen and oxygen atoms in total. The standard InChI is InChI=1S/C22H21NO5/c1-13(16-10-17-14(2)12-28-19(17)11-18(16)27-3)9-20(24)23-21(22(25)26)15-7-5-4-6-8-15/h4-12,21H,1-3H3,(H,23,24)(H,25,26)/b13-9+. The van der Waals surface area contributed by atoms with Gasteiger partial charge >= 0.3 is 5.97 Å². The summed E-state index contributed by atoms with van der Waals surface area (Å²) in [5, 5.41) is 12.9. The molecule has 0 radical (unpaired) electrons. The summed E-state index contributed by atoms with van der Waals surface area (Å²) in [5.41, 5.74) is 3.56. The number of rotatable bonds is 6. The van der Waals surface area contributed by atoms with Gasteiger partial charge in [-0.15, -0.1) is 0 Å². The molecule has 1 aromatic heterocycles. The topological polar surface area (TPSA) is 88.8 Å². The number of hydrogen-bond acceptors (Lipinski definition) is 4. The average Bonchev–Trinajstić information content (AvgIpc) is 3.05. The molecular weight excluding hydrogens is 358 g/mol. The molecule has 0 aliphatic rings. The Morgan fingerprint density at radius 3 is 2.57 bits per heavy atom. The molecule has 3 rings (SSSR count). The summed E-state index contributed by atoms with van der Waals surface area (Å²) in [6, 6.07) is 11.1. The Morgan fingerprint density at radius 1 is 1.21 bits per heavy atom. The van der Waals surface area contributed by atoms with E-state index in [-0.39, 0.29) is 0 Å². The minimum atomic E-state index is -1.13. The van der Waals surface area contributed by atoms with Gasteiger partial charge in [0, 0.05) is 23.1 Å². The molecule has 28 heavy (non-hydrogen) atoms. The fourth-order valence-electron chi connectivity index (χ4n) is 3.05. The number of carboxylic acids is 1. The van der Waals surface area contributed by atoms with Crippen LogP contribution in [0.3, 0.4) is 0 Å². The van der Waals surface area contributed by atoms with Crippen LogP contribution < -0.4 is 10.1 Å². The van der Waals surface area contributed by atoms with Crippen molar-refractivity contribution >= 4 is 28.4 Å². The summed E-state index contributed by atoms with van der Waals surface area (Å²) < 4.78 is 10.9. The summed E-state index contributed by atoms with van der Waals surface area (Å²) in [7, 11) is 1.55. The van der Waals surface area contributed by atoms with Crippen molar-refractivity contribution in [1.82, 2.24) is 5.32 Å². The molecule has 1 atom stereocenters. The van der Waals surface area contributed by atoms with Crippen molar-refractivity contribution in [2.75, 3.05) is 7.11 Å². The van der Waals surface area contributed by atoms with Crippen molar-refractivity contribution in [1.29, 1.82) is 0 Å². The lowest BCUT2D eigenvalue weighted by Gasteiger charge is -2.14. The molecule has 1 amide bonds. The predicted molar refractivity (Wildman–Crippen MR) is 106 cm³/mol. The van der Waals surface area contributed by atoms with Gasteiger partial charge in [0.1, 0.15) is 11.3 Å². The Balaban J connectivity index is 1.90. The third-order valence-electron chi connectivity index (χ3n) is 4.53. The summed E-state index contributed by atoms with van der Waals surface area (Å²) in [5.74, 6) is -1.06. The fraction of sp³-hybridized carbons (Fsp3) is 0.182. The van der Waals surface area contributed by atoms with Crippen molar-refractivity contribution in [2.45, 2.75) is 19.9 Å². The second-order valence-electron chi connectivity index (χ2n) is 6.49. The zero-order chi connectivity index (χ0) is 20.3. The fourth-order valence-corrected chi connectivity index (χ4v) is 3.05.